The van der Waals surface area contributed by atoms with Crippen LogP contribution >= 0.6 is 0 Å². The molecule has 2 aliphatic rings. The molecule has 104 valence electrons. The van der Waals surface area contributed by atoms with Gasteiger partial charge in [0.15, 0.2) is 9.84 Å². The number of nitrogens with one attached hydrogen (secondary N) is 1. The molecular formula is C14H18FNO2S. The molecule has 0 spiro atoms. The summed E-state index contributed by atoms with van der Waals surface area (Å²) in [5.41, 5.74) is 0.597. The van der Waals surface area contributed by atoms with Crippen LogP contribution in [-0.4, -0.2) is 20.2 Å². The van der Waals surface area contributed by atoms with Gasteiger partial charge in [-0.2, -0.15) is 0 Å². The zero-order chi connectivity index (χ0) is 13.7. The second kappa shape index (κ2) is 4.28. The summed E-state index contributed by atoms with van der Waals surface area (Å²) in [5.74, 6) is -0.612. The Morgan fingerprint density at radius 1 is 1.37 bits per heavy atom. The van der Waals surface area contributed by atoms with Crippen molar-refractivity contribution < 1.29 is 12.8 Å². The van der Waals surface area contributed by atoms with Crippen molar-refractivity contribution in [1.82, 2.24) is 5.32 Å². The van der Waals surface area contributed by atoms with E-state index in [-0.39, 0.29) is 15.7 Å². The largest absolute Gasteiger partial charge is 0.308 e. The van der Waals surface area contributed by atoms with Crippen LogP contribution in [0, 0.1) is 5.82 Å². The molecule has 0 amide bonds. The van der Waals surface area contributed by atoms with Crippen molar-refractivity contribution in [3.63, 3.8) is 0 Å². The van der Waals surface area contributed by atoms with Gasteiger partial charge in [-0.15, -0.1) is 0 Å². The molecular weight excluding hydrogens is 265 g/mol. The molecule has 1 heterocycles. The van der Waals surface area contributed by atoms with Crippen LogP contribution in [0.1, 0.15) is 38.2 Å². The van der Waals surface area contributed by atoms with E-state index in [4.69, 9.17) is 0 Å². The number of hydrogen-bond acceptors (Lipinski definition) is 3. The SMILES string of the molecule is CC1(c2ccc(S(=O)(=O)C3CC3)c(F)c2)CCCN1. The van der Waals surface area contributed by atoms with Crippen LogP contribution < -0.4 is 5.32 Å². The van der Waals surface area contributed by atoms with Gasteiger partial charge in [-0.1, -0.05) is 6.07 Å². The Labute approximate surface area is 113 Å². The number of rotatable bonds is 3. The second-order valence-electron chi connectivity index (χ2n) is 5.75. The molecule has 1 aromatic rings. The molecule has 1 aliphatic heterocycles. The maximum Gasteiger partial charge on any atom is 0.184 e. The van der Waals surface area contributed by atoms with E-state index in [1.165, 1.54) is 12.1 Å². The summed E-state index contributed by atoms with van der Waals surface area (Å²) in [5, 5.41) is 2.99. The summed E-state index contributed by atoms with van der Waals surface area (Å²) >= 11 is 0. The Bertz CT molecular complexity index is 602. The molecule has 3 nitrogen and oxygen atoms in total. The molecule has 1 N–H and O–H groups in total. The highest BCUT2D eigenvalue weighted by Crippen LogP contribution is 2.36. The molecule has 1 saturated carbocycles. The molecule has 1 aromatic carbocycles. The summed E-state index contributed by atoms with van der Waals surface area (Å²) in [6, 6.07) is 4.56. The first-order valence-corrected chi connectivity index (χ1v) is 8.27. The minimum Gasteiger partial charge on any atom is -0.308 e. The number of hydrogen-bond donors (Lipinski definition) is 1. The molecule has 1 saturated heterocycles. The van der Waals surface area contributed by atoms with E-state index >= 15 is 0 Å². The minimum absolute atomic E-state index is 0.139. The number of benzene rings is 1. The molecule has 2 fully saturated rings. The molecule has 1 atom stereocenters. The maximum absolute atomic E-state index is 14.2. The van der Waals surface area contributed by atoms with Crippen LogP contribution in [0.4, 0.5) is 4.39 Å². The van der Waals surface area contributed by atoms with Gasteiger partial charge in [-0.3, -0.25) is 0 Å². The van der Waals surface area contributed by atoms with Crippen LogP contribution in [0.5, 0.6) is 0 Å². The molecule has 0 radical (unpaired) electrons. The minimum atomic E-state index is -3.45. The van der Waals surface area contributed by atoms with E-state index in [2.05, 4.69) is 5.32 Å². The third kappa shape index (κ3) is 2.19. The van der Waals surface area contributed by atoms with E-state index in [9.17, 15) is 12.8 Å². The fourth-order valence-corrected chi connectivity index (χ4v) is 4.48. The lowest BCUT2D eigenvalue weighted by molar-refractivity contribution is 0.430. The van der Waals surface area contributed by atoms with E-state index in [0.717, 1.165) is 24.9 Å². The Balaban J connectivity index is 1.98. The predicted octanol–water partition coefficient (Wildman–Crippen LogP) is 2.36. The summed E-state index contributed by atoms with van der Waals surface area (Å²) in [7, 11) is -3.45. The zero-order valence-electron chi connectivity index (χ0n) is 10.9. The van der Waals surface area contributed by atoms with Crippen LogP contribution in [0.2, 0.25) is 0 Å². The van der Waals surface area contributed by atoms with Crippen molar-refractivity contribution in [3.05, 3.63) is 29.6 Å². The van der Waals surface area contributed by atoms with Gasteiger partial charge in [0.2, 0.25) is 0 Å². The highest BCUT2D eigenvalue weighted by Gasteiger charge is 2.39. The third-order valence-corrected chi connectivity index (χ3v) is 6.50. The van der Waals surface area contributed by atoms with Crippen molar-refractivity contribution in [2.24, 2.45) is 0 Å². The number of sulfone groups is 1. The van der Waals surface area contributed by atoms with Gasteiger partial charge in [0.25, 0.3) is 0 Å². The first-order chi connectivity index (χ1) is 8.93. The normalized spacial score (nSPS) is 27.7. The standard InChI is InChI=1S/C14H18FNO2S/c1-14(7-2-8-16-14)10-3-6-13(12(15)9-10)19(17,18)11-4-5-11/h3,6,9,11,16H,2,4-5,7-8H2,1H3. The molecule has 0 bridgehead atoms. The first-order valence-electron chi connectivity index (χ1n) is 6.72. The fraction of sp³-hybridized carbons (Fsp3) is 0.571. The molecule has 5 heteroatoms. The van der Waals surface area contributed by atoms with Gasteiger partial charge >= 0.3 is 0 Å². The van der Waals surface area contributed by atoms with Crippen LogP contribution in [0.25, 0.3) is 0 Å². The summed E-state index contributed by atoms with van der Waals surface area (Å²) < 4.78 is 38.3. The average Bonchev–Trinajstić information content (AvgIpc) is 3.13. The Hall–Kier alpha value is -0.940. The van der Waals surface area contributed by atoms with Crippen molar-refractivity contribution in [2.45, 2.75) is 48.3 Å². The van der Waals surface area contributed by atoms with E-state index < -0.39 is 15.7 Å². The van der Waals surface area contributed by atoms with E-state index in [0.29, 0.717) is 12.8 Å². The highest BCUT2D eigenvalue weighted by molar-refractivity contribution is 7.92. The van der Waals surface area contributed by atoms with Crippen LogP contribution in [0.15, 0.2) is 23.1 Å². The summed E-state index contributed by atoms with van der Waals surface area (Å²) in [4.78, 5) is -0.139. The topological polar surface area (TPSA) is 46.2 Å². The quantitative estimate of drug-likeness (QED) is 0.926. The summed E-state index contributed by atoms with van der Waals surface area (Å²) in [6.45, 7) is 2.95. The summed E-state index contributed by atoms with van der Waals surface area (Å²) in [6.07, 6.45) is 3.31. The van der Waals surface area contributed by atoms with Gasteiger partial charge in [-0.25, -0.2) is 12.8 Å². The van der Waals surface area contributed by atoms with E-state index in [1.54, 1.807) is 6.07 Å². The smallest absolute Gasteiger partial charge is 0.184 e. The Morgan fingerprint density at radius 2 is 2.11 bits per heavy atom. The van der Waals surface area contributed by atoms with Crippen LogP contribution in [-0.2, 0) is 15.4 Å². The van der Waals surface area contributed by atoms with Crippen LogP contribution in [0.3, 0.4) is 0 Å². The van der Waals surface area contributed by atoms with Crippen molar-refractivity contribution in [1.29, 1.82) is 0 Å². The van der Waals surface area contributed by atoms with Gasteiger partial charge in [-0.05, 0) is 56.8 Å². The average molecular weight is 283 g/mol. The fourth-order valence-electron chi connectivity index (χ4n) is 2.77. The van der Waals surface area contributed by atoms with E-state index in [1.807, 2.05) is 6.92 Å². The van der Waals surface area contributed by atoms with Gasteiger partial charge in [0.1, 0.15) is 10.7 Å². The second-order valence-corrected chi connectivity index (χ2v) is 7.95. The lowest BCUT2D eigenvalue weighted by Crippen LogP contribution is -2.33. The highest BCUT2D eigenvalue weighted by atomic mass is 32.2. The Kier molecular flexibility index (Phi) is 2.94. The monoisotopic (exact) mass is 283 g/mol. The zero-order valence-corrected chi connectivity index (χ0v) is 11.8. The Morgan fingerprint density at radius 3 is 2.63 bits per heavy atom. The van der Waals surface area contributed by atoms with Crippen molar-refractivity contribution >= 4 is 9.84 Å². The maximum atomic E-state index is 14.2. The first kappa shape index (κ1) is 13.1. The predicted molar refractivity (Wildman–Crippen MR) is 71.2 cm³/mol. The molecule has 0 aromatic heterocycles. The lowest BCUT2D eigenvalue weighted by atomic mass is 9.90. The van der Waals surface area contributed by atoms with Crippen molar-refractivity contribution in [2.75, 3.05) is 6.54 Å². The molecule has 1 aliphatic carbocycles. The number of halogens is 1. The third-order valence-electron chi connectivity index (χ3n) is 4.21. The molecule has 3 rings (SSSR count). The van der Waals surface area contributed by atoms with Gasteiger partial charge < -0.3 is 5.32 Å². The van der Waals surface area contributed by atoms with Gasteiger partial charge in [0, 0.05) is 5.54 Å². The van der Waals surface area contributed by atoms with Gasteiger partial charge in [0.05, 0.1) is 5.25 Å². The molecule has 1 unspecified atom stereocenters. The lowest BCUT2D eigenvalue weighted by Gasteiger charge is -2.25. The molecule has 19 heavy (non-hydrogen) atoms. The van der Waals surface area contributed by atoms with Crippen molar-refractivity contribution in [3.8, 4) is 0 Å².